The third-order valence-electron chi connectivity index (χ3n) is 3.34. The van der Waals surface area contributed by atoms with E-state index in [1.807, 2.05) is 0 Å². The zero-order valence-corrected chi connectivity index (χ0v) is 13.1. The Kier molecular flexibility index (Phi) is 5.40. The molecule has 0 bridgehead atoms. The van der Waals surface area contributed by atoms with Crippen LogP contribution in [0.1, 0.15) is 35.8 Å². The predicted molar refractivity (Wildman–Crippen MR) is 80.2 cm³/mol. The quantitative estimate of drug-likeness (QED) is 0.828. The van der Waals surface area contributed by atoms with Crippen LogP contribution in [-0.2, 0) is 11.0 Å². The molecule has 1 aromatic heterocycles. The number of rotatable bonds is 6. The van der Waals surface area contributed by atoms with Crippen molar-refractivity contribution in [3.05, 3.63) is 41.7 Å². The summed E-state index contributed by atoms with van der Waals surface area (Å²) in [7, 11) is 0. The minimum absolute atomic E-state index is 0.0738. The lowest BCUT2D eigenvalue weighted by molar-refractivity contribution is -0.139. The Morgan fingerprint density at radius 2 is 2.08 bits per heavy atom. The standard InChI is InChI=1S/C15H15F3N4O3/c1-2-4-11(14(24)25)19-13(23)12-8-22(21-20-12)10-6-3-5-9(7-10)15(16,17)18/h3,5-8,11H,2,4H2,1H3,(H,19,23)(H,24,25). The minimum Gasteiger partial charge on any atom is -0.480 e. The number of carboxylic acid groups (broad SMARTS) is 1. The smallest absolute Gasteiger partial charge is 0.416 e. The molecule has 0 spiro atoms. The Balaban J connectivity index is 2.20. The molecule has 0 radical (unpaired) electrons. The van der Waals surface area contributed by atoms with Crippen LogP contribution in [0.2, 0.25) is 0 Å². The van der Waals surface area contributed by atoms with Crippen molar-refractivity contribution in [3.8, 4) is 5.69 Å². The molecule has 2 aromatic rings. The molecule has 1 aromatic carbocycles. The molecular weight excluding hydrogens is 341 g/mol. The Bertz CT molecular complexity index is 773. The number of halogens is 3. The van der Waals surface area contributed by atoms with Gasteiger partial charge in [0, 0.05) is 0 Å². The Morgan fingerprint density at radius 3 is 2.68 bits per heavy atom. The van der Waals surface area contributed by atoms with Gasteiger partial charge in [-0.25, -0.2) is 9.48 Å². The lowest BCUT2D eigenvalue weighted by Gasteiger charge is -2.11. The highest BCUT2D eigenvalue weighted by Crippen LogP contribution is 2.30. The van der Waals surface area contributed by atoms with Crippen LogP contribution in [0, 0.1) is 0 Å². The second-order valence-electron chi connectivity index (χ2n) is 5.25. The van der Waals surface area contributed by atoms with Crippen LogP contribution in [-0.4, -0.2) is 38.0 Å². The van der Waals surface area contributed by atoms with Gasteiger partial charge in [0.25, 0.3) is 5.91 Å². The summed E-state index contributed by atoms with van der Waals surface area (Å²) in [5.41, 5.74) is -0.982. The monoisotopic (exact) mass is 356 g/mol. The fraction of sp³-hybridized carbons (Fsp3) is 0.333. The zero-order valence-electron chi connectivity index (χ0n) is 13.1. The topological polar surface area (TPSA) is 97.1 Å². The number of hydrogen-bond acceptors (Lipinski definition) is 4. The van der Waals surface area contributed by atoms with Crippen molar-refractivity contribution < 1.29 is 27.9 Å². The summed E-state index contributed by atoms with van der Waals surface area (Å²) in [5.74, 6) is -1.94. The van der Waals surface area contributed by atoms with Gasteiger partial charge in [-0.15, -0.1) is 5.10 Å². The van der Waals surface area contributed by atoms with E-state index < -0.39 is 29.7 Å². The lowest BCUT2D eigenvalue weighted by atomic mass is 10.1. The van der Waals surface area contributed by atoms with Gasteiger partial charge in [-0.2, -0.15) is 13.2 Å². The summed E-state index contributed by atoms with van der Waals surface area (Å²) >= 11 is 0. The summed E-state index contributed by atoms with van der Waals surface area (Å²) < 4.78 is 39.2. The molecule has 0 fully saturated rings. The molecule has 2 rings (SSSR count). The van der Waals surface area contributed by atoms with E-state index in [9.17, 15) is 22.8 Å². The van der Waals surface area contributed by atoms with Gasteiger partial charge >= 0.3 is 12.1 Å². The largest absolute Gasteiger partial charge is 0.480 e. The van der Waals surface area contributed by atoms with Crippen LogP contribution in [0.25, 0.3) is 5.69 Å². The zero-order chi connectivity index (χ0) is 18.6. The van der Waals surface area contributed by atoms with Crippen molar-refractivity contribution >= 4 is 11.9 Å². The SMILES string of the molecule is CCCC(NC(=O)c1cn(-c2cccc(C(F)(F)F)c2)nn1)C(=O)O. The van der Waals surface area contributed by atoms with E-state index in [0.29, 0.717) is 6.42 Å². The number of carbonyl (C=O) groups is 2. The minimum atomic E-state index is -4.51. The van der Waals surface area contributed by atoms with E-state index in [4.69, 9.17) is 5.11 Å². The first-order chi connectivity index (χ1) is 11.7. The first-order valence-corrected chi connectivity index (χ1v) is 7.36. The predicted octanol–water partition coefficient (Wildman–Crippen LogP) is 2.27. The lowest BCUT2D eigenvalue weighted by Crippen LogP contribution is -2.40. The second-order valence-corrected chi connectivity index (χ2v) is 5.25. The fourth-order valence-corrected chi connectivity index (χ4v) is 2.10. The molecule has 7 nitrogen and oxygen atoms in total. The number of carboxylic acids is 1. The number of hydrogen-bond donors (Lipinski definition) is 2. The molecule has 25 heavy (non-hydrogen) atoms. The van der Waals surface area contributed by atoms with Gasteiger partial charge in [0.1, 0.15) is 6.04 Å². The third-order valence-corrected chi connectivity index (χ3v) is 3.34. The molecule has 0 saturated heterocycles. The highest BCUT2D eigenvalue weighted by atomic mass is 19.4. The summed E-state index contributed by atoms with van der Waals surface area (Å²) in [4.78, 5) is 23.1. The summed E-state index contributed by atoms with van der Waals surface area (Å²) in [6.45, 7) is 1.77. The van der Waals surface area contributed by atoms with Crippen LogP contribution >= 0.6 is 0 Å². The van der Waals surface area contributed by atoms with Gasteiger partial charge in [-0.05, 0) is 24.6 Å². The van der Waals surface area contributed by atoms with Gasteiger partial charge < -0.3 is 10.4 Å². The van der Waals surface area contributed by atoms with E-state index in [1.54, 1.807) is 6.92 Å². The van der Waals surface area contributed by atoms with Crippen molar-refractivity contribution in [3.63, 3.8) is 0 Å². The van der Waals surface area contributed by atoms with E-state index in [0.717, 1.165) is 23.0 Å². The summed E-state index contributed by atoms with van der Waals surface area (Å²) in [5, 5.41) is 18.5. The Labute approximate surface area is 140 Å². The molecular formula is C15H15F3N4O3. The molecule has 1 heterocycles. The van der Waals surface area contributed by atoms with Crippen LogP contribution in [0.5, 0.6) is 0 Å². The molecule has 0 aliphatic heterocycles. The summed E-state index contributed by atoms with van der Waals surface area (Å²) in [6, 6.07) is 3.30. The van der Waals surface area contributed by atoms with Crippen molar-refractivity contribution in [1.29, 1.82) is 0 Å². The van der Waals surface area contributed by atoms with Crippen molar-refractivity contribution in [2.24, 2.45) is 0 Å². The van der Waals surface area contributed by atoms with Gasteiger partial charge in [-0.3, -0.25) is 4.79 Å². The number of aliphatic carboxylic acids is 1. The van der Waals surface area contributed by atoms with E-state index in [2.05, 4.69) is 15.6 Å². The van der Waals surface area contributed by atoms with Crippen LogP contribution in [0.4, 0.5) is 13.2 Å². The second kappa shape index (κ2) is 7.32. The summed E-state index contributed by atoms with van der Waals surface area (Å²) in [6.07, 6.45) is -2.58. The molecule has 134 valence electrons. The third kappa shape index (κ3) is 4.55. The fourth-order valence-electron chi connectivity index (χ4n) is 2.10. The first kappa shape index (κ1) is 18.4. The first-order valence-electron chi connectivity index (χ1n) is 7.36. The maximum absolute atomic E-state index is 12.7. The van der Waals surface area contributed by atoms with E-state index >= 15 is 0 Å². The maximum Gasteiger partial charge on any atom is 0.416 e. The van der Waals surface area contributed by atoms with Crippen molar-refractivity contribution in [1.82, 2.24) is 20.3 Å². The van der Waals surface area contributed by atoms with E-state index in [-0.39, 0.29) is 17.8 Å². The number of nitrogens with zero attached hydrogens (tertiary/aromatic N) is 3. The van der Waals surface area contributed by atoms with Gasteiger partial charge in [-0.1, -0.05) is 24.6 Å². The molecule has 0 saturated carbocycles. The molecule has 1 atom stereocenters. The number of alkyl halides is 3. The van der Waals surface area contributed by atoms with Gasteiger partial charge in [0.15, 0.2) is 5.69 Å². The number of amides is 1. The molecule has 1 amide bonds. The van der Waals surface area contributed by atoms with Crippen molar-refractivity contribution in [2.75, 3.05) is 0 Å². The molecule has 2 N–H and O–H groups in total. The maximum atomic E-state index is 12.7. The Morgan fingerprint density at radius 1 is 1.36 bits per heavy atom. The molecule has 1 unspecified atom stereocenters. The normalized spacial score (nSPS) is 12.6. The van der Waals surface area contributed by atoms with Crippen LogP contribution in [0.15, 0.2) is 30.5 Å². The van der Waals surface area contributed by atoms with Gasteiger partial charge in [0.05, 0.1) is 17.4 Å². The highest BCUT2D eigenvalue weighted by molar-refractivity contribution is 5.94. The number of nitrogens with one attached hydrogen (secondary N) is 1. The Hall–Kier alpha value is -2.91. The number of aromatic nitrogens is 3. The van der Waals surface area contributed by atoms with E-state index in [1.165, 1.54) is 12.1 Å². The van der Waals surface area contributed by atoms with Crippen LogP contribution < -0.4 is 5.32 Å². The van der Waals surface area contributed by atoms with Crippen LogP contribution in [0.3, 0.4) is 0 Å². The van der Waals surface area contributed by atoms with Gasteiger partial charge in [0.2, 0.25) is 0 Å². The average molecular weight is 356 g/mol. The molecule has 0 aliphatic carbocycles. The molecule has 10 heteroatoms. The number of benzene rings is 1. The number of carbonyl (C=O) groups excluding carboxylic acids is 1. The highest BCUT2D eigenvalue weighted by Gasteiger charge is 2.30. The average Bonchev–Trinajstić information content (AvgIpc) is 3.03. The molecule has 0 aliphatic rings. The van der Waals surface area contributed by atoms with Crippen molar-refractivity contribution in [2.45, 2.75) is 32.0 Å².